The van der Waals surface area contributed by atoms with Crippen LogP contribution in [0.1, 0.15) is 42.7 Å². The van der Waals surface area contributed by atoms with Crippen molar-refractivity contribution in [3.8, 4) is 11.4 Å². The van der Waals surface area contributed by atoms with Gasteiger partial charge in [0.05, 0.1) is 6.10 Å². The molecule has 0 amide bonds. The number of aliphatic hydroxyl groups excluding tert-OH is 1. The van der Waals surface area contributed by atoms with Crippen LogP contribution < -0.4 is 0 Å². The van der Waals surface area contributed by atoms with Gasteiger partial charge in [-0.2, -0.15) is 0 Å². The summed E-state index contributed by atoms with van der Waals surface area (Å²) in [7, 11) is 0. The van der Waals surface area contributed by atoms with Gasteiger partial charge < -0.3 is 5.11 Å². The highest BCUT2D eigenvalue weighted by Gasteiger charge is 2.20. The highest BCUT2D eigenvalue weighted by atomic mass is 16.3. The van der Waals surface area contributed by atoms with E-state index in [-0.39, 0.29) is 6.10 Å². The van der Waals surface area contributed by atoms with Crippen molar-refractivity contribution in [2.75, 3.05) is 0 Å². The average molecular weight is 294 g/mol. The third kappa shape index (κ3) is 3.42. The molecule has 114 valence electrons. The van der Waals surface area contributed by atoms with Gasteiger partial charge in [0.1, 0.15) is 0 Å². The Kier molecular flexibility index (Phi) is 4.64. The molecule has 1 aliphatic carbocycles. The van der Waals surface area contributed by atoms with Gasteiger partial charge in [0.2, 0.25) is 0 Å². The van der Waals surface area contributed by atoms with Gasteiger partial charge in [0.15, 0.2) is 5.82 Å². The molecule has 1 fully saturated rings. The normalized spacial score (nSPS) is 21.5. The number of allylic oxidation sites excluding steroid dienone is 1. The predicted octanol–water partition coefficient (Wildman–Crippen LogP) is 3.89. The Bertz CT molecular complexity index is 611. The van der Waals surface area contributed by atoms with E-state index < -0.39 is 0 Å². The van der Waals surface area contributed by atoms with Crippen molar-refractivity contribution in [1.29, 1.82) is 0 Å². The lowest BCUT2D eigenvalue weighted by Crippen LogP contribution is -2.16. The summed E-state index contributed by atoms with van der Waals surface area (Å²) in [5.41, 5.74) is 3.49. The second-order valence-corrected chi connectivity index (χ2v) is 6.04. The topological polar surface area (TPSA) is 46.0 Å². The van der Waals surface area contributed by atoms with E-state index in [0.717, 1.165) is 49.1 Å². The van der Waals surface area contributed by atoms with E-state index in [0.29, 0.717) is 5.92 Å². The van der Waals surface area contributed by atoms with Crippen LogP contribution in [0.5, 0.6) is 0 Å². The number of hydrogen-bond donors (Lipinski definition) is 1. The summed E-state index contributed by atoms with van der Waals surface area (Å²) in [6, 6.07) is 8.56. The SMILES string of the molecule is C=CCc1cnc(-c2ccc([C@H]3CC[C@H](O)CC3)cc2)nc1. The van der Waals surface area contributed by atoms with Crippen molar-refractivity contribution < 1.29 is 5.11 Å². The standard InChI is InChI=1S/C19H22N2O/c1-2-3-14-12-20-19(21-13-14)17-6-4-15(5-7-17)16-8-10-18(22)11-9-16/h2,4-7,12-13,16,18,22H,1,3,8-11H2/t16-,18-. The van der Waals surface area contributed by atoms with Gasteiger partial charge in [-0.3, -0.25) is 0 Å². The first kappa shape index (κ1) is 14.9. The zero-order valence-corrected chi connectivity index (χ0v) is 12.8. The number of benzene rings is 1. The molecule has 0 spiro atoms. The smallest absolute Gasteiger partial charge is 0.159 e. The molecule has 0 radical (unpaired) electrons. The number of rotatable bonds is 4. The molecule has 1 aromatic heterocycles. The monoisotopic (exact) mass is 294 g/mol. The second-order valence-electron chi connectivity index (χ2n) is 6.04. The molecule has 1 aromatic carbocycles. The Morgan fingerprint density at radius 3 is 2.27 bits per heavy atom. The van der Waals surface area contributed by atoms with Crippen LogP contribution in [0.15, 0.2) is 49.3 Å². The number of hydrogen-bond acceptors (Lipinski definition) is 3. The highest BCUT2D eigenvalue weighted by Crippen LogP contribution is 2.33. The van der Waals surface area contributed by atoms with Crippen LogP contribution in [0, 0.1) is 0 Å². The minimum atomic E-state index is -0.0991. The van der Waals surface area contributed by atoms with E-state index in [1.807, 2.05) is 18.5 Å². The fourth-order valence-electron chi connectivity index (χ4n) is 3.09. The molecule has 1 heterocycles. The van der Waals surface area contributed by atoms with Crippen LogP contribution in [-0.2, 0) is 6.42 Å². The van der Waals surface area contributed by atoms with E-state index in [4.69, 9.17) is 0 Å². The molecule has 3 nitrogen and oxygen atoms in total. The maximum absolute atomic E-state index is 9.60. The largest absolute Gasteiger partial charge is 0.393 e. The molecule has 0 bridgehead atoms. The Balaban J connectivity index is 1.72. The zero-order valence-electron chi connectivity index (χ0n) is 12.8. The summed E-state index contributed by atoms with van der Waals surface area (Å²) in [6.07, 6.45) is 10.3. The van der Waals surface area contributed by atoms with Gasteiger partial charge in [-0.1, -0.05) is 30.3 Å². The fraction of sp³-hybridized carbons (Fsp3) is 0.368. The summed E-state index contributed by atoms with van der Waals surface area (Å²) in [5, 5.41) is 9.60. The molecule has 3 rings (SSSR count). The molecular formula is C19H22N2O. The number of aromatic nitrogens is 2. The zero-order chi connectivity index (χ0) is 15.4. The third-order valence-electron chi connectivity index (χ3n) is 4.42. The van der Waals surface area contributed by atoms with E-state index in [2.05, 4.69) is 40.8 Å². The van der Waals surface area contributed by atoms with Crippen LogP contribution in [0.3, 0.4) is 0 Å². The van der Waals surface area contributed by atoms with Crippen molar-refractivity contribution in [2.24, 2.45) is 0 Å². The lowest BCUT2D eigenvalue weighted by molar-refractivity contribution is 0.122. The number of aliphatic hydroxyl groups is 1. The van der Waals surface area contributed by atoms with Gasteiger partial charge in [-0.25, -0.2) is 9.97 Å². The van der Waals surface area contributed by atoms with Crippen molar-refractivity contribution in [2.45, 2.75) is 44.1 Å². The van der Waals surface area contributed by atoms with Gasteiger partial charge >= 0.3 is 0 Å². The molecule has 22 heavy (non-hydrogen) atoms. The molecule has 1 N–H and O–H groups in total. The maximum atomic E-state index is 9.60. The van der Waals surface area contributed by atoms with Crippen molar-refractivity contribution in [3.63, 3.8) is 0 Å². The number of nitrogens with zero attached hydrogens (tertiary/aromatic N) is 2. The molecule has 0 atom stereocenters. The van der Waals surface area contributed by atoms with Crippen molar-refractivity contribution in [3.05, 3.63) is 60.4 Å². The first-order chi connectivity index (χ1) is 10.8. The Hall–Kier alpha value is -2.00. The van der Waals surface area contributed by atoms with Gasteiger partial charge in [0.25, 0.3) is 0 Å². The quantitative estimate of drug-likeness (QED) is 0.870. The molecule has 0 aliphatic heterocycles. The van der Waals surface area contributed by atoms with Crippen LogP contribution >= 0.6 is 0 Å². The molecule has 0 unspecified atom stereocenters. The van der Waals surface area contributed by atoms with Crippen LogP contribution in [0.25, 0.3) is 11.4 Å². The van der Waals surface area contributed by atoms with E-state index >= 15 is 0 Å². The molecule has 3 heteroatoms. The summed E-state index contributed by atoms with van der Waals surface area (Å²) in [6.45, 7) is 3.72. The van der Waals surface area contributed by atoms with Crippen LogP contribution in [0.2, 0.25) is 0 Å². The molecule has 1 aliphatic rings. The molecule has 2 aromatic rings. The van der Waals surface area contributed by atoms with E-state index in [9.17, 15) is 5.11 Å². The van der Waals surface area contributed by atoms with Gasteiger partial charge in [0, 0.05) is 18.0 Å². The molecular weight excluding hydrogens is 272 g/mol. The minimum Gasteiger partial charge on any atom is -0.393 e. The first-order valence-electron chi connectivity index (χ1n) is 7.96. The van der Waals surface area contributed by atoms with E-state index in [1.54, 1.807) is 0 Å². The summed E-state index contributed by atoms with van der Waals surface area (Å²) in [4.78, 5) is 8.86. The fourth-order valence-corrected chi connectivity index (χ4v) is 3.09. The highest BCUT2D eigenvalue weighted by molar-refractivity contribution is 5.55. The third-order valence-corrected chi connectivity index (χ3v) is 4.42. The molecule has 0 saturated heterocycles. The van der Waals surface area contributed by atoms with Gasteiger partial charge in [-0.15, -0.1) is 6.58 Å². The Labute approximate surface area is 131 Å². The summed E-state index contributed by atoms with van der Waals surface area (Å²) < 4.78 is 0. The van der Waals surface area contributed by atoms with Crippen LogP contribution in [0.4, 0.5) is 0 Å². The maximum Gasteiger partial charge on any atom is 0.159 e. The van der Waals surface area contributed by atoms with Crippen molar-refractivity contribution >= 4 is 0 Å². The van der Waals surface area contributed by atoms with E-state index in [1.165, 1.54) is 5.56 Å². The summed E-state index contributed by atoms with van der Waals surface area (Å²) >= 11 is 0. The summed E-state index contributed by atoms with van der Waals surface area (Å²) in [5.74, 6) is 1.34. The average Bonchev–Trinajstić information content (AvgIpc) is 2.57. The molecule has 1 saturated carbocycles. The van der Waals surface area contributed by atoms with Gasteiger partial charge in [-0.05, 0) is 49.1 Å². The predicted molar refractivity (Wildman–Crippen MR) is 88.6 cm³/mol. The Morgan fingerprint density at radius 2 is 1.68 bits per heavy atom. The lowest BCUT2D eigenvalue weighted by Gasteiger charge is -2.25. The Morgan fingerprint density at radius 1 is 1.05 bits per heavy atom. The lowest BCUT2D eigenvalue weighted by atomic mass is 9.82. The van der Waals surface area contributed by atoms with Crippen molar-refractivity contribution in [1.82, 2.24) is 9.97 Å². The minimum absolute atomic E-state index is 0.0991. The first-order valence-corrected chi connectivity index (χ1v) is 7.96. The van der Waals surface area contributed by atoms with Crippen LogP contribution in [-0.4, -0.2) is 21.2 Å². The second kappa shape index (κ2) is 6.84.